The predicted octanol–water partition coefficient (Wildman–Crippen LogP) is 2.74. The van der Waals surface area contributed by atoms with Crippen LogP contribution >= 0.6 is 11.6 Å². The molecule has 1 amide bonds. The summed E-state index contributed by atoms with van der Waals surface area (Å²) in [6, 6.07) is 8.56. The summed E-state index contributed by atoms with van der Waals surface area (Å²) in [6.45, 7) is 0.121. The monoisotopic (exact) mass is 347 g/mol. The number of nitrogens with one attached hydrogen (secondary N) is 1. The number of hydrogen-bond acceptors (Lipinski definition) is 6. The van der Waals surface area contributed by atoms with Crippen LogP contribution in [0.25, 0.3) is 0 Å². The fourth-order valence-corrected chi connectivity index (χ4v) is 2.22. The Bertz CT molecular complexity index is 853. The third-order valence-electron chi connectivity index (χ3n) is 3.18. The van der Waals surface area contributed by atoms with Crippen molar-refractivity contribution in [3.05, 3.63) is 62.7 Å². The number of halogens is 1. The van der Waals surface area contributed by atoms with Gasteiger partial charge in [-0.2, -0.15) is 5.10 Å². The van der Waals surface area contributed by atoms with Crippen LogP contribution < -0.4 is 14.9 Å². The molecule has 1 heterocycles. The number of amides is 1. The molecule has 8 nitrogen and oxygen atoms in total. The molecule has 122 valence electrons. The van der Waals surface area contributed by atoms with Crippen molar-refractivity contribution in [2.45, 2.75) is 0 Å². The van der Waals surface area contributed by atoms with Gasteiger partial charge in [0.05, 0.1) is 16.2 Å². The van der Waals surface area contributed by atoms with Crippen LogP contribution in [0.15, 0.2) is 41.5 Å². The van der Waals surface area contributed by atoms with Gasteiger partial charge < -0.3 is 9.47 Å². The van der Waals surface area contributed by atoms with Gasteiger partial charge in [0, 0.05) is 29.3 Å². The average Bonchev–Trinajstić information content (AvgIpc) is 3.02. The number of ether oxygens (including phenoxy) is 2. The number of hydrazone groups is 1. The van der Waals surface area contributed by atoms with Gasteiger partial charge in [0.2, 0.25) is 6.79 Å². The van der Waals surface area contributed by atoms with Gasteiger partial charge in [-0.1, -0.05) is 17.7 Å². The Balaban J connectivity index is 1.71. The number of carbonyl (C=O) groups is 1. The van der Waals surface area contributed by atoms with E-state index < -0.39 is 10.8 Å². The van der Waals surface area contributed by atoms with Crippen LogP contribution in [0.4, 0.5) is 5.69 Å². The second-order valence-electron chi connectivity index (χ2n) is 4.73. The maximum Gasteiger partial charge on any atom is 0.271 e. The fourth-order valence-electron chi connectivity index (χ4n) is 2.02. The minimum atomic E-state index is -0.577. The molecule has 0 radical (unpaired) electrons. The summed E-state index contributed by atoms with van der Waals surface area (Å²) in [6.07, 6.45) is 1.35. The van der Waals surface area contributed by atoms with Crippen LogP contribution in [0.5, 0.6) is 11.5 Å². The molecule has 1 aliphatic rings. The number of nitro benzene ring substituents is 1. The molecule has 24 heavy (non-hydrogen) atoms. The van der Waals surface area contributed by atoms with Crippen molar-refractivity contribution in [1.82, 2.24) is 5.43 Å². The van der Waals surface area contributed by atoms with E-state index in [2.05, 4.69) is 10.5 Å². The molecule has 2 aromatic carbocycles. The normalized spacial score (nSPS) is 12.4. The number of carbonyl (C=O) groups excluding carboxylic acids is 1. The molecule has 1 N–H and O–H groups in total. The van der Waals surface area contributed by atoms with Gasteiger partial charge in [-0.25, -0.2) is 5.43 Å². The number of nitrogens with zero attached hydrogens (tertiary/aromatic N) is 2. The Morgan fingerprint density at radius 2 is 2.04 bits per heavy atom. The first-order valence-corrected chi connectivity index (χ1v) is 7.09. The van der Waals surface area contributed by atoms with E-state index in [1.165, 1.54) is 30.5 Å². The van der Waals surface area contributed by atoms with Gasteiger partial charge >= 0.3 is 0 Å². The quantitative estimate of drug-likeness (QED) is 0.520. The number of rotatable bonds is 4. The second-order valence-corrected chi connectivity index (χ2v) is 5.14. The first kappa shape index (κ1) is 15.8. The topological polar surface area (TPSA) is 103 Å². The molecule has 9 heteroatoms. The van der Waals surface area contributed by atoms with Crippen LogP contribution in [0, 0.1) is 10.1 Å². The highest BCUT2D eigenvalue weighted by Crippen LogP contribution is 2.36. The largest absolute Gasteiger partial charge is 0.454 e. The molecular weight excluding hydrogens is 338 g/mol. The highest BCUT2D eigenvalue weighted by Gasteiger charge is 2.16. The third kappa shape index (κ3) is 3.28. The number of nitro groups is 1. The average molecular weight is 348 g/mol. The molecule has 3 rings (SSSR count). The summed E-state index contributed by atoms with van der Waals surface area (Å²) in [5, 5.41) is 14.9. The lowest BCUT2D eigenvalue weighted by Crippen LogP contribution is -2.17. The summed E-state index contributed by atoms with van der Waals surface area (Å²) in [4.78, 5) is 22.1. The first-order chi connectivity index (χ1) is 11.5. The molecule has 1 aliphatic heterocycles. The van der Waals surface area contributed by atoms with Crippen molar-refractivity contribution in [3.8, 4) is 11.5 Å². The second kappa shape index (κ2) is 6.55. The zero-order valence-corrected chi connectivity index (χ0v) is 12.8. The van der Waals surface area contributed by atoms with Gasteiger partial charge in [0.15, 0.2) is 11.5 Å². The molecule has 0 aromatic heterocycles. The molecule has 0 unspecified atom stereocenters. The Kier molecular flexibility index (Phi) is 4.30. The highest BCUT2D eigenvalue weighted by atomic mass is 35.5. The Morgan fingerprint density at radius 3 is 2.79 bits per heavy atom. The molecule has 0 saturated carbocycles. The van der Waals surface area contributed by atoms with E-state index in [4.69, 9.17) is 21.1 Å². The Morgan fingerprint density at radius 1 is 1.29 bits per heavy atom. The number of hydrogen-bond donors (Lipinski definition) is 1. The van der Waals surface area contributed by atoms with Crippen LogP contribution in [-0.2, 0) is 0 Å². The molecular formula is C15H10ClN3O5. The van der Waals surface area contributed by atoms with Gasteiger partial charge in [-0.15, -0.1) is 0 Å². The van der Waals surface area contributed by atoms with E-state index in [0.29, 0.717) is 22.1 Å². The number of benzene rings is 2. The summed E-state index contributed by atoms with van der Waals surface area (Å²) in [7, 11) is 0. The van der Waals surface area contributed by atoms with Crippen LogP contribution in [0.3, 0.4) is 0 Å². The van der Waals surface area contributed by atoms with E-state index in [-0.39, 0.29) is 18.0 Å². The third-order valence-corrected chi connectivity index (χ3v) is 3.51. The number of non-ortho nitro benzene ring substituents is 1. The van der Waals surface area contributed by atoms with E-state index >= 15 is 0 Å². The summed E-state index contributed by atoms with van der Waals surface area (Å²) < 4.78 is 10.4. The maximum absolute atomic E-state index is 12.0. The maximum atomic E-state index is 12.0. The lowest BCUT2D eigenvalue weighted by Gasteiger charge is -2.02. The Hall–Kier alpha value is -3.13. The van der Waals surface area contributed by atoms with Gasteiger partial charge in [-0.3, -0.25) is 14.9 Å². The molecule has 0 saturated heterocycles. The van der Waals surface area contributed by atoms with Crippen LogP contribution in [-0.4, -0.2) is 23.8 Å². The molecule has 2 aromatic rings. The molecule has 0 bridgehead atoms. The van der Waals surface area contributed by atoms with Crippen molar-refractivity contribution in [2.24, 2.45) is 5.10 Å². The van der Waals surface area contributed by atoms with E-state index in [9.17, 15) is 14.9 Å². The van der Waals surface area contributed by atoms with E-state index in [1.807, 2.05) is 0 Å². The SMILES string of the molecule is O=C(N/N=C\c1cc2c(cc1Cl)OCO2)c1cccc([N+](=O)[O-])c1. The van der Waals surface area contributed by atoms with E-state index in [0.717, 1.165) is 0 Å². The van der Waals surface area contributed by atoms with Crippen molar-refractivity contribution >= 4 is 29.4 Å². The van der Waals surface area contributed by atoms with Crippen LogP contribution in [0.1, 0.15) is 15.9 Å². The van der Waals surface area contributed by atoms with E-state index in [1.54, 1.807) is 12.1 Å². The smallest absolute Gasteiger partial charge is 0.271 e. The fraction of sp³-hybridized carbons (Fsp3) is 0.0667. The van der Waals surface area contributed by atoms with Crippen molar-refractivity contribution in [1.29, 1.82) is 0 Å². The summed E-state index contributed by atoms with van der Waals surface area (Å²) in [5.41, 5.74) is 2.76. The Labute approximate surface area is 140 Å². The minimum Gasteiger partial charge on any atom is -0.454 e. The zero-order valence-electron chi connectivity index (χ0n) is 12.1. The lowest BCUT2D eigenvalue weighted by atomic mass is 10.2. The van der Waals surface area contributed by atoms with Crippen molar-refractivity contribution < 1.29 is 19.2 Å². The van der Waals surface area contributed by atoms with Gasteiger partial charge in [-0.05, 0) is 12.1 Å². The minimum absolute atomic E-state index is 0.121. The van der Waals surface area contributed by atoms with Crippen LogP contribution in [0.2, 0.25) is 5.02 Å². The molecule has 0 spiro atoms. The highest BCUT2D eigenvalue weighted by molar-refractivity contribution is 6.33. The first-order valence-electron chi connectivity index (χ1n) is 6.71. The summed E-state index contributed by atoms with van der Waals surface area (Å²) >= 11 is 6.08. The molecule has 0 fully saturated rings. The molecule has 0 atom stereocenters. The van der Waals surface area contributed by atoms with Gasteiger partial charge in [0.1, 0.15) is 0 Å². The predicted molar refractivity (Wildman–Crippen MR) is 85.7 cm³/mol. The molecule has 0 aliphatic carbocycles. The van der Waals surface area contributed by atoms with Gasteiger partial charge in [0.25, 0.3) is 11.6 Å². The van der Waals surface area contributed by atoms with Crippen molar-refractivity contribution in [2.75, 3.05) is 6.79 Å². The lowest BCUT2D eigenvalue weighted by molar-refractivity contribution is -0.384. The summed E-state index contributed by atoms with van der Waals surface area (Å²) in [5.74, 6) is 0.496. The standard InChI is InChI=1S/C15H10ClN3O5/c16-12-6-14-13(23-8-24-14)5-10(12)7-17-18-15(20)9-2-1-3-11(4-9)19(21)22/h1-7H,8H2,(H,18,20)/b17-7-. The number of fused-ring (bicyclic) bond motifs is 1. The zero-order chi connectivity index (χ0) is 17.1. The van der Waals surface area contributed by atoms with Crippen molar-refractivity contribution in [3.63, 3.8) is 0 Å².